The molecule has 0 aromatic heterocycles. The van der Waals surface area contributed by atoms with Gasteiger partial charge in [0.2, 0.25) is 0 Å². The van der Waals surface area contributed by atoms with Gasteiger partial charge in [-0.05, 0) is 23.8 Å². The number of benzene rings is 3. The molecule has 39 heavy (non-hydrogen) atoms. The topological polar surface area (TPSA) is 71.1 Å². The number of carbonyl (C=O) groups excluding carboxylic acids is 2. The zero-order chi connectivity index (χ0) is 27.9. The third-order valence-electron chi connectivity index (χ3n) is 5.26. The van der Waals surface area contributed by atoms with Crippen LogP contribution in [-0.4, -0.2) is 38.4 Å². The lowest BCUT2D eigenvalue weighted by atomic mass is 10.1. The standard InChI is InChI=1S/C32H29FO6/c1-3-31(34)38-21-19-36-29-11-7-5-9-26(29)16-14-24-13-15-25(28(33)23-24)17-18-27-10-6-8-12-30(27)37-20-22-39-32(35)4-2/h3-18,23H,1-2,19-22H2/b16-14+,18-17+. The normalized spacial score (nSPS) is 10.8. The Hall–Kier alpha value is -4.91. The molecule has 0 atom stereocenters. The van der Waals surface area contributed by atoms with Crippen molar-refractivity contribution in [1.82, 2.24) is 0 Å². The highest BCUT2D eigenvalue weighted by molar-refractivity contribution is 5.81. The van der Waals surface area contributed by atoms with Gasteiger partial charge in [0.1, 0.15) is 43.7 Å². The van der Waals surface area contributed by atoms with Gasteiger partial charge in [0.05, 0.1) is 0 Å². The number of hydrogen-bond acceptors (Lipinski definition) is 6. The van der Waals surface area contributed by atoms with E-state index in [1.807, 2.05) is 48.5 Å². The SMILES string of the molecule is C=CC(=O)OCCOc1ccccc1/C=C/c1ccc(/C=C/c2ccccc2OCCOC(=O)C=C)c(F)c1. The van der Waals surface area contributed by atoms with E-state index in [9.17, 15) is 14.0 Å². The van der Waals surface area contributed by atoms with E-state index in [4.69, 9.17) is 18.9 Å². The Labute approximate surface area is 227 Å². The van der Waals surface area contributed by atoms with Gasteiger partial charge in [-0.15, -0.1) is 0 Å². The van der Waals surface area contributed by atoms with E-state index in [0.717, 1.165) is 23.3 Å². The molecule has 0 aliphatic heterocycles. The Balaban J connectivity index is 1.63. The minimum atomic E-state index is -0.512. The summed E-state index contributed by atoms with van der Waals surface area (Å²) in [6.07, 6.45) is 9.24. The summed E-state index contributed by atoms with van der Waals surface area (Å²) in [7, 11) is 0. The monoisotopic (exact) mass is 528 g/mol. The van der Waals surface area contributed by atoms with Crippen molar-refractivity contribution in [3.63, 3.8) is 0 Å². The zero-order valence-electron chi connectivity index (χ0n) is 21.4. The lowest BCUT2D eigenvalue weighted by Gasteiger charge is -2.09. The van der Waals surface area contributed by atoms with Crippen molar-refractivity contribution >= 4 is 36.2 Å². The molecule has 0 saturated carbocycles. The number of esters is 2. The van der Waals surface area contributed by atoms with E-state index < -0.39 is 11.9 Å². The average Bonchev–Trinajstić information content (AvgIpc) is 2.96. The maximum atomic E-state index is 14.9. The van der Waals surface area contributed by atoms with Crippen LogP contribution < -0.4 is 9.47 Å². The molecular formula is C32H29FO6. The molecule has 3 aromatic rings. The fraction of sp³-hybridized carbons (Fsp3) is 0.125. The molecular weight excluding hydrogens is 499 g/mol. The molecule has 0 aliphatic rings. The molecule has 0 bridgehead atoms. The summed E-state index contributed by atoms with van der Waals surface area (Å²) in [6.45, 7) is 7.26. The molecule has 0 saturated heterocycles. The molecule has 0 fully saturated rings. The minimum Gasteiger partial charge on any atom is -0.489 e. The molecule has 6 nitrogen and oxygen atoms in total. The van der Waals surface area contributed by atoms with E-state index in [1.54, 1.807) is 36.4 Å². The van der Waals surface area contributed by atoms with E-state index in [-0.39, 0.29) is 32.2 Å². The Morgan fingerprint density at radius 2 is 1.13 bits per heavy atom. The lowest BCUT2D eigenvalue weighted by molar-refractivity contribution is -0.139. The van der Waals surface area contributed by atoms with E-state index >= 15 is 0 Å². The van der Waals surface area contributed by atoms with Crippen molar-refractivity contribution < 1.29 is 32.9 Å². The molecule has 0 unspecified atom stereocenters. The first kappa shape index (κ1) is 28.7. The van der Waals surface area contributed by atoms with Crippen molar-refractivity contribution in [2.24, 2.45) is 0 Å². The highest BCUT2D eigenvalue weighted by atomic mass is 19.1. The number of hydrogen-bond donors (Lipinski definition) is 0. The molecule has 0 heterocycles. The van der Waals surface area contributed by atoms with Gasteiger partial charge < -0.3 is 18.9 Å². The Morgan fingerprint density at radius 3 is 1.64 bits per heavy atom. The Morgan fingerprint density at radius 1 is 0.641 bits per heavy atom. The van der Waals surface area contributed by atoms with Crippen LogP contribution in [0.4, 0.5) is 4.39 Å². The fourth-order valence-corrected chi connectivity index (χ4v) is 3.35. The van der Waals surface area contributed by atoms with Crippen LogP contribution in [0.5, 0.6) is 11.5 Å². The van der Waals surface area contributed by atoms with Crippen LogP contribution in [0.3, 0.4) is 0 Å². The second-order valence-corrected chi connectivity index (χ2v) is 7.96. The molecule has 0 aliphatic carbocycles. The second-order valence-electron chi connectivity index (χ2n) is 7.96. The van der Waals surface area contributed by atoms with E-state index in [0.29, 0.717) is 22.6 Å². The Bertz CT molecular complexity index is 1360. The smallest absolute Gasteiger partial charge is 0.330 e. The van der Waals surface area contributed by atoms with Gasteiger partial charge in [-0.3, -0.25) is 0 Å². The van der Waals surface area contributed by atoms with Gasteiger partial charge in [-0.25, -0.2) is 14.0 Å². The molecule has 3 aromatic carbocycles. The number of halogens is 1. The summed E-state index contributed by atoms with van der Waals surface area (Å²) < 4.78 is 36.1. The van der Waals surface area contributed by atoms with E-state index in [1.165, 1.54) is 6.07 Å². The van der Waals surface area contributed by atoms with Gasteiger partial charge in [-0.1, -0.05) is 86.0 Å². The fourth-order valence-electron chi connectivity index (χ4n) is 3.35. The molecule has 3 rings (SSSR count). The van der Waals surface area contributed by atoms with Crippen LogP contribution in [0.2, 0.25) is 0 Å². The zero-order valence-corrected chi connectivity index (χ0v) is 21.4. The van der Waals surface area contributed by atoms with Gasteiger partial charge in [0, 0.05) is 28.8 Å². The first-order valence-corrected chi connectivity index (χ1v) is 12.2. The van der Waals surface area contributed by atoms with Crippen LogP contribution in [0.25, 0.3) is 24.3 Å². The maximum absolute atomic E-state index is 14.9. The third-order valence-corrected chi connectivity index (χ3v) is 5.26. The van der Waals surface area contributed by atoms with E-state index in [2.05, 4.69) is 13.2 Å². The van der Waals surface area contributed by atoms with Gasteiger partial charge in [0.15, 0.2) is 0 Å². The van der Waals surface area contributed by atoms with Crippen LogP contribution in [0.15, 0.2) is 92.0 Å². The molecule has 0 N–H and O–H groups in total. The van der Waals surface area contributed by atoms with Crippen LogP contribution in [-0.2, 0) is 19.1 Å². The van der Waals surface area contributed by atoms with Crippen LogP contribution in [0.1, 0.15) is 22.3 Å². The van der Waals surface area contributed by atoms with Gasteiger partial charge in [0.25, 0.3) is 0 Å². The van der Waals surface area contributed by atoms with Crippen molar-refractivity contribution in [2.45, 2.75) is 0 Å². The largest absolute Gasteiger partial charge is 0.489 e. The summed E-state index contributed by atoms with van der Waals surface area (Å²) in [5.41, 5.74) is 2.65. The van der Waals surface area contributed by atoms with Crippen LogP contribution in [0, 0.1) is 5.82 Å². The summed E-state index contributed by atoms with van der Waals surface area (Å²) in [4.78, 5) is 22.3. The van der Waals surface area contributed by atoms with Crippen molar-refractivity contribution in [3.05, 3.63) is 120 Å². The molecule has 7 heteroatoms. The molecule has 0 amide bonds. The number of para-hydroxylation sites is 2. The quantitative estimate of drug-likeness (QED) is 0.105. The summed E-state index contributed by atoms with van der Waals surface area (Å²) in [5, 5.41) is 0. The molecule has 0 spiro atoms. The summed E-state index contributed by atoms with van der Waals surface area (Å²) in [6, 6.07) is 19.6. The molecule has 200 valence electrons. The molecule has 0 radical (unpaired) electrons. The predicted molar refractivity (Wildman–Crippen MR) is 150 cm³/mol. The number of rotatable bonds is 14. The summed E-state index contributed by atoms with van der Waals surface area (Å²) >= 11 is 0. The van der Waals surface area contributed by atoms with Gasteiger partial charge in [-0.2, -0.15) is 0 Å². The second kappa shape index (κ2) is 15.4. The predicted octanol–water partition coefficient (Wildman–Crippen LogP) is 6.38. The first-order valence-electron chi connectivity index (χ1n) is 12.2. The number of carbonyl (C=O) groups is 2. The van der Waals surface area contributed by atoms with Gasteiger partial charge >= 0.3 is 11.9 Å². The Kier molecular flexibility index (Phi) is 11.3. The average molecular weight is 529 g/mol. The number of ether oxygens (including phenoxy) is 4. The third kappa shape index (κ3) is 9.48. The van der Waals surface area contributed by atoms with Crippen molar-refractivity contribution in [2.75, 3.05) is 26.4 Å². The summed E-state index contributed by atoms with van der Waals surface area (Å²) in [5.74, 6) is -0.196. The highest BCUT2D eigenvalue weighted by Crippen LogP contribution is 2.23. The lowest BCUT2D eigenvalue weighted by Crippen LogP contribution is -2.10. The minimum absolute atomic E-state index is 0.0915. The van der Waals surface area contributed by atoms with Crippen molar-refractivity contribution in [3.8, 4) is 11.5 Å². The highest BCUT2D eigenvalue weighted by Gasteiger charge is 2.05. The maximum Gasteiger partial charge on any atom is 0.330 e. The van der Waals surface area contributed by atoms with Crippen LogP contribution >= 0.6 is 0 Å². The van der Waals surface area contributed by atoms with Crippen molar-refractivity contribution in [1.29, 1.82) is 0 Å². The first-order chi connectivity index (χ1) is 19.0.